The molecule has 1 amide bonds. The fraction of sp³-hybridized carbons (Fsp3) is 0.550. The first kappa shape index (κ1) is 18.3. The number of nitrogens with one attached hydrogen (secondary N) is 3. The number of amides is 1. The van der Waals surface area contributed by atoms with Crippen molar-refractivity contribution in [2.75, 3.05) is 6.54 Å². The van der Waals surface area contributed by atoms with Gasteiger partial charge >= 0.3 is 0 Å². The van der Waals surface area contributed by atoms with Crippen LogP contribution in [0.5, 0.6) is 0 Å². The van der Waals surface area contributed by atoms with Crippen LogP contribution in [-0.2, 0) is 11.2 Å². The summed E-state index contributed by atoms with van der Waals surface area (Å²) in [6, 6.07) is 9.73. The van der Waals surface area contributed by atoms with Crippen LogP contribution >= 0.6 is 12.4 Å². The molecule has 1 aromatic carbocycles. The molecule has 0 radical (unpaired) electrons. The molecule has 4 rings (SSSR count). The van der Waals surface area contributed by atoms with Crippen LogP contribution in [0.1, 0.15) is 44.1 Å². The lowest BCUT2D eigenvalue weighted by Gasteiger charge is -2.28. The molecule has 0 saturated carbocycles. The van der Waals surface area contributed by atoms with E-state index in [0.29, 0.717) is 24.4 Å². The zero-order valence-corrected chi connectivity index (χ0v) is 15.4. The van der Waals surface area contributed by atoms with Crippen molar-refractivity contribution in [1.82, 2.24) is 15.6 Å². The first-order valence-electron chi connectivity index (χ1n) is 9.35. The number of carbonyl (C=O) groups excluding carboxylic acids is 1. The molecule has 0 spiro atoms. The highest BCUT2D eigenvalue weighted by atomic mass is 35.5. The third kappa shape index (κ3) is 4.36. The summed E-state index contributed by atoms with van der Waals surface area (Å²) < 4.78 is 0. The van der Waals surface area contributed by atoms with Crippen LogP contribution < -0.4 is 10.6 Å². The summed E-state index contributed by atoms with van der Waals surface area (Å²) in [5.74, 6) is 0.817. The van der Waals surface area contributed by atoms with Gasteiger partial charge in [-0.3, -0.25) is 4.79 Å². The Hall–Kier alpha value is -1.52. The van der Waals surface area contributed by atoms with Crippen molar-refractivity contribution in [1.29, 1.82) is 0 Å². The summed E-state index contributed by atoms with van der Waals surface area (Å²) in [7, 11) is 0. The van der Waals surface area contributed by atoms with Gasteiger partial charge in [-0.15, -0.1) is 12.4 Å². The Bertz CT molecular complexity index is 702. The quantitative estimate of drug-likeness (QED) is 0.689. The number of hydrogen-bond acceptors (Lipinski definition) is 2. The van der Waals surface area contributed by atoms with Crippen molar-refractivity contribution in [3.05, 3.63) is 36.0 Å². The molecule has 2 aromatic rings. The van der Waals surface area contributed by atoms with Crippen molar-refractivity contribution < 1.29 is 4.79 Å². The lowest BCUT2D eigenvalue weighted by molar-refractivity contribution is -0.122. The third-order valence-electron chi connectivity index (χ3n) is 5.66. The smallest absolute Gasteiger partial charge is 0.220 e. The summed E-state index contributed by atoms with van der Waals surface area (Å²) in [6.07, 6.45) is 9.76. The molecular formula is C20H28ClN3O. The van der Waals surface area contributed by atoms with Gasteiger partial charge in [-0.2, -0.15) is 0 Å². The van der Waals surface area contributed by atoms with E-state index in [0.717, 1.165) is 19.4 Å². The number of aromatic nitrogens is 1. The van der Waals surface area contributed by atoms with E-state index in [1.54, 1.807) is 0 Å². The maximum absolute atomic E-state index is 12.2. The number of piperidine rings is 1. The summed E-state index contributed by atoms with van der Waals surface area (Å²) >= 11 is 0. The molecule has 5 heteroatoms. The summed E-state index contributed by atoms with van der Waals surface area (Å²) in [4.78, 5) is 15.5. The van der Waals surface area contributed by atoms with Crippen molar-refractivity contribution in [3.8, 4) is 0 Å². The van der Waals surface area contributed by atoms with Gasteiger partial charge in [-0.05, 0) is 56.1 Å². The van der Waals surface area contributed by atoms with E-state index in [4.69, 9.17) is 0 Å². The van der Waals surface area contributed by atoms with E-state index in [9.17, 15) is 4.79 Å². The minimum absolute atomic E-state index is 0. The van der Waals surface area contributed by atoms with Gasteiger partial charge in [0.05, 0.1) is 0 Å². The van der Waals surface area contributed by atoms with Crippen LogP contribution in [0.3, 0.4) is 0 Å². The van der Waals surface area contributed by atoms with E-state index >= 15 is 0 Å². The highest BCUT2D eigenvalue weighted by molar-refractivity contribution is 5.85. The van der Waals surface area contributed by atoms with Crippen LogP contribution in [0.15, 0.2) is 30.5 Å². The van der Waals surface area contributed by atoms with Crippen molar-refractivity contribution in [2.24, 2.45) is 5.92 Å². The van der Waals surface area contributed by atoms with Crippen molar-refractivity contribution in [3.63, 3.8) is 0 Å². The predicted octanol–water partition coefficient (Wildman–Crippen LogP) is 3.56. The van der Waals surface area contributed by atoms with Gasteiger partial charge in [0.1, 0.15) is 0 Å². The number of aromatic amines is 1. The topological polar surface area (TPSA) is 56.9 Å². The second-order valence-electron chi connectivity index (χ2n) is 7.49. The van der Waals surface area contributed by atoms with Crippen LogP contribution in [0.2, 0.25) is 0 Å². The molecule has 2 atom stereocenters. The number of benzene rings is 1. The first-order chi connectivity index (χ1) is 11.8. The average Bonchev–Trinajstić information content (AvgIpc) is 3.15. The van der Waals surface area contributed by atoms with E-state index in [1.165, 1.54) is 42.1 Å². The van der Waals surface area contributed by atoms with Crippen molar-refractivity contribution in [2.45, 2.75) is 57.0 Å². The Kier molecular flexibility index (Phi) is 6.02. The lowest BCUT2D eigenvalue weighted by atomic mass is 9.89. The number of carbonyl (C=O) groups is 1. The molecule has 2 aliphatic rings. The lowest BCUT2D eigenvalue weighted by Crippen LogP contribution is -2.39. The number of para-hydroxylation sites is 1. The summed E-state index contributed by atoms with van der Waals surface area (Å²) in [5.41, 5.74) is 2.53. The SMILES string of the molecule is Cl.O=C(CC1CC2CCC(C1)N2)NCCCc1c[nH]c2ccccc12. The molecule has 1 aromatic heterocycles. The normalized spacial score (nSPS) is 24.9. The second-order valence-corrected chi connectivity index (χ2v) is 7.49. The average molecular weight is 362 g/mol. The van der Waals surface area contributed by atoms with Crippen LogP contribution in [0.25, 0.3) is 10.9 Å². The number of fused-ring (bicyclic) bond motifs is 3. The molecular weight excluding hydrogens is 334 g/mol. The number of halogens is 1. The molecule has 25 heavy (non-hydrogen) atoms. The molecule has 2 saturated heterocycles. The van der Waals surface area contributed by atoms with Crippen molar-refractivity contribution >= 4 is 29.2 Å². The van der Waals surface area contributed by atoms with E-state index in [2.05, 4.69) is 46.1 Å². The largest absolute Gasteiger partial charge is 0.361 e. The fourth-order valence-electron chi connectivity index (χ4n) is 4.52. The monoisotopic (exact) mass is 361 g/mol. The minimum Gasteiger partial charge on any atom is -0.361 e. The van der Waals surface area contributed by atoms with Gasteiger partial charge in [0.25, 0.3) is 0 Å². The van der Waals surface area contributed by atoms with Gasteiger partial charge in [0.2, 0.25) is 5.91 Å². The van der Waals surface area contributed by atoms with Gasteiger partial charge in [-0.25, -0.2) is 0 Å². The third-order valence-corrected chi connectivity index (χ3v) is 5.66. The van der Waals surface area contributed by atoms with Crippen LogP contribution in [-0.4, -0.2) is 29.5 Å². The van der Waals surface area contributed by atoms with Gasteiger partial charge < -0.3 is 15.6 Å². The Morgan fingerprint density at radius 2 is 1.92 bits per heavy atom. The highest BCUT2D eigenvalue weighted by Crippen LogP contribution is 2.32. The number of H-pyrrole nitrogens is 1. The first-order valence-corrected chi connectivity index (χ1v) is 9.35. The van der Waals surface area contributed by atoms with Gasteiger partial charge in [-0.1, -0.05) is 18.2 Å². The second kappa shape index (κ2) is 8.24. The molecule has 2 fully saturated rings. The zero-order valence-electron chi connectivity index (χ0n) is 14.6. The number of aryl methyl sites for hydroxylation is 1. The maximum atomic E-state index is 12.2. The Labute approximate surface area is 155 Å². The van der Waals surface area contributed by atoms with E-state index in [-0.39, 0.29) is 18.3 Å². The Morgan fingerprint density at radius 1 is 1.16 bits per heavy atom. The highest BCUT2D eigenvalue weighted by Gasteiger charge is 2.33. The van der Waals surface area contributed by atoms with E-state index in [1.807, 2.05) is 0 Å². The van der Waals surface area contributed by atoms with Crippen LogP contribution in [0.4, 0.5) is 0 Å². The molecule has 3 heterocycles. The maximum Gasteiger partial charge on any atom is 0.220 e. The summed E-state index contributed by atoms with van der Waals surface area (Å²) in [6.45, 7) is 0.774. The zero-order chi connectivity index (χ0) is 16.4. The molecule has 136 valence electrons. The molecule has 0 aliphatic carbocycles. The van der Waals surface area contributed by atoms with Crippen LogP contribution in [0, 0.1) is 5.92 Å². The van der Waals surface area contributed by atoms with Gasteiger partial charge in [0.15, 0.2) is 0 Å². The van der Waals surface area contributed by atoms with E-state index < -0.39 is 0 Å². The molecule has 2 bridgehead atoms. The number of hydrogen-bond donors (Lipinski definition) is 3. The van der Waals surface area contributed by atoms with Gasteiger partial charge in [0, 0.05) is 42.1 Å². The summed E-state index contributed by atoms with van der Waals surface area (Å²) in [5, 5.41) is 8.06. The Morgan fingerprint density at radius 3 is 2.72 bits per heavy atom. The molecule has 4 nitrogen and oxygen atoms in total. The molecule has 3 N–H and O–H groups in total. The minimum atomic E-state index is 0. The predicted molar refractivity (Wildman–Crippen MR) is 104 cm³/mol. The molecule has 2 aliphatic heterocycles. The standard InChI is InChI=1S/C20H27N3O.ClH/c24-20(12-14-10-16-7-8-17(11-14)23-16)21-9-3-4-15-13-22-19-6-2-1-5-18(15)19;/h1-2,5-6,13-14,16-17,22-23H,3-4,7-12H2,(H,21,24);1H. The fourth-order valence-corrected chi connectivity index (χ4v) is 4.52. The molecule has 2 unspecified atom stereocenters. The number of rotatable bonds is 6. The Balaban J connectivity index is 0.00000182.